The topological polar surface area (TPSA) is 95.7 Å². The van der Waals surface area contributed by atoms with E-state index in [-0.39, 0.29) is 6.29 Å². The van der Waals surface area contributed by atoms with Crippen LogP contribution in [0.15, 0.2) is 12.1 Å². The summed E-state index contributed by atoms with van der Waals surface area (Å²) in [7, 11) is 1.12. The maximum Gasteiger partial charge on any atom is 0.346 e. The molecular weight excluding hydrogens is 261 g/mol. The van der Waals surface area contributed by atoms with Gasteiger partial charge in [0.05, 0.1) is 17.6 Å². The Balaban J connectivity index is 3.19. The lowest BCUT2D eigenvalue weighted by Crippen LogP contribution is -2.25. The zero-order valence-electron chi connectivity index (χ0n) is 10.1. The minimum atomic E-state index is -1.15. The third-order valence-corrected chi connectivity index (χ3v) is 2.24. The Hall–Kier alpha value is -2.51. The summed E-state index contributed by atoms with van der Waals surface area (Å²) in [5.74, 6) is -2.20. The Morgan fingerprint density at radius 1 is 1.53 bits per heavy atom. The normalized spacial score (nSPS) is 11.5. The first-order valence-corrected chi connectivity index (χ1v) is 5.08. The third kappa shape index (κ3) is 3.24. The average Bonchev–Trinajstić information content (AvgIpc) is 2.37. The number of ether oxygens (including phenoxy) is 2. The van der Waals surface area contributed by atoms with Crippen molar-refractivity contribution in [1.29, 1.82) is 0 Å². The van der Waals surface area contributed by atoms with Crippen molar-refractivity contribution in [2.75, 3.05) is 7.11 Å². The molecule has 0 fully saturated rings. The highest BCUT2D eigenvalue weighted by molar-refractivity contribution is 5.78. The summed E-state index contributed by atoms with van der Waals surface area (Å²) in [6.07, 6.45) is -0.999. The van der Waals surface area contributed by atoms with E-state index in [1.807, 2.05) is 0 Å². The molecule has 0 bridgehead atoms. The summed E-state index contributed by atoms with van der Waals surface area (Å²) in [5.41, 5.74) is -1.08. The zero-order valence-corrected chi connectivity index (χ0v) is 10.1. The first-order chi connectivity index (χ1) is 8.90. The van der Waals surface area contributed by atoms with E-state index in [9.17, 15) is 24.1 Å². The van der Waals surface area contributed by atoms with Crippen LogP contribution in [0.25, 0.3) is 0 Å². The average molecular weight is 271 g/mol. The molecule has 102 valence electrons. The van der Waals surface area contributed by atoms with E-state index in [0.717, 1.165) is 13.2 Å². The molecule has 1 rings (SSSR count). The van der Waals surface area contributed by atoms with Crippen molar-refractivity contribution in [1.82, 2.24) is 0 Å². The van der Waals surface area contributed by atoms with E-state index < -0.39 is 39.8 Å². The second kappa shape index (κ2) is 5.89. The van der Waals surface area contributed by atoms with Crippen molar-refractivity contribution in [3.8, 4) is 5.75 Å². The summed E-state index contributed by atoms with van der Waals surface area (Å²) in [6.45, 7) is 1.29. The molecule has 0 spiro atoms. The number of aldehydes is 1. The number of nitrogens with zero attached hydrogens (tertiary/aromatic N) is 1. The van der Waals surface area contributed by atoms with Crippen LogP contribution in [0.1, 0.15) is 17.3 Å². The van der Waals surface area contributed by atoms with E-state index in [2.05, 4.69) is 4.74 Å². The number of hydrogen-bond donors (Lipinski definition) is 0. The minimum absolute atomic E-state index is 0.149. The van der Waals surface area contributed by atoms with Crippen LogP contribution in [0.5, 0.6) is 5.75 Å². The van der Waals surface area contributed by atoms with Crippen LogP contribution in [0.3, 0.4) is 0 Å². The molecule has 0 aliphatic carbocycles. The van der Waals surface area contributed by atoms with Gasteiger partial charge in [0.25, 0.3) is 0 Å². The number of halogens is 1. The van der Waals surface area contributed by atoms with Crippen LogP contribution < -0.4 is 4.74 Å². The molecule has 7 nitrogen and oxygen atoms in total. The smallest absolute Gasteiger partial charge is 0.346 e. The Labute approximate surface area is 107 Å². The summed E-state index contributed by atoms with van der Waals surface area (Å²) >= 11 is 0. The van der Waals surface area contributed by atoms with Gasteiger partial charge in [0, 0.05) is 12.1 Å². The molecule has 19 heavy (non-hydrogen) atoms. The van der Waals surface area contributed by atoms with Gasteiger partial charge in [-0.25, -0.2) is 9.18 Å². The predicted molar refractivity (Wildman–Crippen MR) is 60.5 cm³/mol. The van der Waals surface area contributed by atoms with Gasteiger partial charge in [0.2, 0.25) is 5.75 Å². The lowest BCUT2D eigenvalue weighted by atomic mass is 10.2. The van der Waals surface area contributed by atoms with Crippen molar-refractivity contribution in [3.05, 3.63) is 33.6 Å². The molecule has 8 heteroatoms. The highest BCUT2D eigenvalue weighted by Gasteiger charge is 2.24. The highest BCUT2D eigenvalue weighted by atomic mass is 19.1. The number of benzene rings is 1. The molecule has 0 saturated heterocycles. The zero-order chi connectivity index (χ0) is 14.6. The van der Waals surface area contributed by atoms with Gasteiger partial charge in [-0.15, -0.1) is 0 Å². The molecule has 0 heterocycles. The van der Waals surface area contributed by atoms with E-state index in [1.54, 1.807) is 0 Å². The van der Waals surface area contributed by atoms with Crippen molar-refractivity contribution in [2.45, 2.75) is 13.0 Å². The largest absolute Gasteiger partial charge is 0.472 e. The minimum Gasteiger partial charge on any atom is -0.472 e. The molecule has 0 radical (unpaired) electrons. The molecule has 0 amide bonds. The van der Waals surface area contributed by atoms with Gasteiger partial charge in [-0.05, 0) is 6.92 Å². The Morgan fingerprint density at radius 2 is 2.16 bits per heavy atom. The quantitative estimate of drug-likeness (QED) is 0.348. The van der Waals surface area contributed by atoms with Crippen LogP contribution in [0, 0.1) is 15.9 Å². The van der Waals surface area contributed by atoms with E-state index in [4.69, 9.17) is 4.74 Å². The van der Waals surface area contributed by atoms with E-state index >= 15 is 0 Å². The Bertz CT molecular complexity index is 530. The number of esters is 1. The SMILES string of the molecule is COC(=O)C(C)Oc1cc(F)c(C=O)cc1[N+](=O)[O-]. The summed E-state index contributed by atoms with van der Waals surface area (Å²) < 4.78 is 22.7. The number of methoxy groups -OCH3 is 1. The maximum absolute atomic E-state index is 13.4. The molecule has 0 aliphatic heterocycles. The number of nitro benzene ring substituents is 1. The second-order valence-electron chi connectivity index (χ2n) is 3.50. The van der Waals surface area contributed by atoms with Crippen LogP contribution in [0.4, 0.5) is 10.1 Å². The molecule has 0 saturated carbocycles. The first kappa shape index (κ1) is 14.6. The molecule has 0 aliphatic rings. The van der Waals surface area contributed by atoms with Gasteiger partial charge in [0.1, 0.15) is 5.82 Å². The first-order valence-electron chi connectivity index (χ1n) is 5.08. The standard InChI is InChI=1S/C11H10FNO6/c1-6(11(15)18-2)19-10-4-8(12)7(5-14)3-9(10)13(16)17/h3-6H,1-2H3. The molecule has 1 aromatic rings. The Kier molecular flexibility index (Phi) is 4.51. The monoisotopic (exact) mass is 271 g/mol. The van der Waals surface area contributed by atoms with Crippen LogP contribution in [0.2, 0.25) is 0 Å². The van der Waals surface area contributed by atoms with Gasteiger partial charge in [-0.3, -0.25) is 14.9 Å². The van der Waals surface area contributed by atoms with Crippen LogP contribution in [-0.2, 0) is 9.53 Å². The van der Waals surface area contributed by atoms with Gasteiger partial charge < -0.3 is 9.47 Å². The number of hydrogen-bond acceptors (Lipinski definition) is 6. The van der Waals surface area contributed by atoms with Crippen LogP contribution in [-0.4, -0.2) is 30.4 Å². The third-order valence-electron chi connectivity index (χ3n) is 2.24. The fourth-order valence-electron chi connectivity index (χ4n) is 1.29. The van der Waals surface area contributed by atoms with Gasteiger partial charge in [-0.2, -0.15) is 0 Å². The molecule has 1 unspecified atom stereocenters. The summed E-state index contributed by atoms with van der Waals surface area (Å²) in [5, 5.41) is 10.8. The number of carbonyl (C=O) groups is 2. The van der Waals surface area contributed by atoms with Gasteiger partial charge in [0.15, 0.2) is 12.4 Å². The Morgan fingerprint density at radius 3 is 2.63 bits per heavy atom. The predicted octanol–water partition coefficient (Wildman–Crippen LogP) is 1.49. The maximum atomic E-state index is 13.4. The molecule has 1 atom stereocenters. The van der Waals surface area contributed by atoms with E-state index in [0.29, 0.717) is 6.07 Å². The second-order valence-corrected chi connectivity index (χ2v) is 3.50. The fraction of sp³-hybridized carbons (Fsp3) is 0.273. The van der Waals surface area contributed by atoms with Crippen molar-refractivity contribution < 1.29 is 28.4 Å². The number of rotatable bonds is 5. The fourth-order valence-corrected chi connectivity index (χ4v) is 1.29. The van der Waals surface area contributed by atoms with Gasteiger partial charge >= 0.3 is 11.7 Å². The van der Waals surface area contributed by atoms with Crippen molar-refractivity contribution >= 4 is 17.9 Å². The number of carbonyl (C=O) groups excluding carboxylic acids is 2. The molecule has 1 aromatic carbocycles. The lowest BCUT2D eigenvalue weighted by Gasteiger charge is -2.12. The van der Waals surface area contributed by atoms with Crippen LogP contribution >= 0.6 is 0 Å². The van der Waals surface area contributed by atoms with E-state index in [1.165, 1.54) is 6.92 Å². The van der Waals surface area contributed by atoms with Crippen molar-refractivity contribution in [2.24, 2.45) is 0 Å². The summed E-state index contributed by atoms with van der Waals surface area (Å²) in [4.78, 5) is 31.6. The molecular formula is C11H10FNO6. The van der Waals surface area contributed by atoms with Gasteiger partial charge in [-0.1, -0.05) is 0 Å². The highest BCUT2D eigenvalue weighted by Crippen LogP contribution is 2.30. The van der Waals surface area contributed by atoms with Crippen molar-refractivity contribution in [3.63, 3.8) is 0 Å². The summed E-state index contributed by atoms with van der Waals surface area (Å²) in [6, 6.07) is 1.42. The molecule has 0 N–H and O–H groups in total. The lowest BCUT2D eigenvalue weighted by molar-refractivity contribution is -0.386. The number of nitro groups is 1. The molecule has 0 aromatic heterocycles.